The molecule has 0 atom stereocenters. The summed E-state index contributed by atoms with van der Waals surface area (Å²) in [6, 6.07) is 7.45. The van der Waals surface area contributed by atoms with Crippen molar-refractivity contribution in [3.63, 3.8) is 0 Å². The van der Waals surface area contributed by atoms with Gasteiger partial charge in [-0.05, 0) is 69.4 Å². The maximum absolute atomic E-state index is 12.2. The molecule has 0 spiro atoms. The van der Waals surface area contributed by atoms with Crippen molar-refractivity contribution < 1.29 is 9.53 Å². The fourth-order valence-electron chi connectivity index (χ4n) is 3.11. The topological polar surface area (TPSA) is 41.6 Å². The number of rotatable bonds is 10. The number of hydrogen-bond acceptors (Lipinski definition) is 3. The normalized spacial score (nSPS) is 15.3. The highest BCUT2D eigenvalue weighted by atomic mass is 16.5. The average molecular weight is 347 g/mol. The fraction of sp³-hybridized carbons (Fsp3) is 0.667. The van der Waals surface area contributed by atoms with Gasteiger partial charge in [0.2, 0.25) is 0 Å². The van der Waals surface area contributed by atoms with Crippen molar-refractivity contribution in [2.45, 2.75) is 52.4 Å². The number of likely N-dealkylation sites (tertiary alicyclic amines) is 1. The predicted octanol–water partition coefficient (Wildman–Crippen LogP) is 4.11. The third-order valence-electron chi connectivity index (χ3n) is 4.56. The summed E-state index contributed by atoms with van der Waals surface area (Å²) in [7, 11) is 0. The van der Waals surface area contributed by atoms with E-state index in [0.29, 0.717) is 18.1 Å². The van der Waals surface area contributed by atoms with E-state index in [1.54, 1.807) is 0 Å². The Bertz CT molecular complexity index is 510. The fourth-order valence-corrected chi connectivity index (χ4v) is 3.11. The maximum atomic E-state index is 12.2. The lowest BCUT2D eigenvalue weighted by atomic mass is 10.1. The van der Waals surface area contributed by atoms with Crippen LogP contribution >= 0.6 is 0 Å². The summed E-state index contributed by atoms with van der Waals surface area (Å²) < 4.78 is 5.69. The van der Waals surface area contributed by atoms with E-state index in [4.69, 9.17) is 4.74 Å². The number of carbonyl (C=O) groups excluding carboxylic acids is 1. The van der Waals surface area contributed by atoms with E-state index in [1.807, 2.05) is 24.3 Å². The first-order valence-corrected chi connectivity index (χ1v) is 9.88. The molecule has 1 aliphatic heterocycles. The van der Waals surface area contributed by atoms with E-state index in [2.05, 4.69) is 24.1 Å². The molecule has 0 aliphatic carbocycles. The number of carbonyl (C=O) groups is 1. The van der Waals surface area contributed by atoms with Gasteiger partial charge in [-0.15, -0.1) is 0 Å². The zero-order chi connectivity index (χ0) is 17.9. The molecule has 4 nitrogen and oxygen atoms in total. The van der Waals surface area contributed by atoms with Crippen molar-refractivity contribution in [2.75, 3.05) is 32.8 Å². The highest BCUT2D eigenvalue weighted by Crippen LogP contribution is 2.14. The summed E-state index contributed by atoms with van der Waals surface area (Å²) in [5.41, 5.74) is 0.676. The Morgan fingerprint density at radius 1 is 1.16 bits per heavy atom. The first-order chi connectivity index (χ1) is 12.1. The summed E-state index contributed by atoms with van der Waals surface area (Å²) in [5.74, 6) is 1.23. The van der Waals surface area contributed by atoms with Gasteiger partial charge in [0, 0.05) is 12.1 Å². The molecule has 0 bridgehead atoms. The summed E-state index contributed by atoms with van der Waals surface area (Å²) in [4.78, 5) is 14.8. The van der Waals surface area contributed by atoms with Gasteiger partial charge in [-0.25, -0.2) is 0 Å². The van der Waals surface area contributed by atoms with E-state index in [-0.39, 0.29) is 5.91 Å². The Labute approximate surface area is 152 Å². The van der Waals surface area contributed by atoms with Gasteiger partial charge in [0.05, 0.1) is 6.61 Å². The molecule has 140 valence electrons. The van der Waals surface area contributed by atoms with Crippen LogP contribution in [0.2, 0.25) is 0 Å². The molecule has 1 aromatic carbocycles. The van der Waals surface area contributed by atoms with Gasteiger partial charge in [-0.3, -0.25) is 4.79 Å². The standard InChI is InChI=1S/C21H34N2O2/c1-18(2)17-25-20-11-9-10-19(16-20)21(24)22-12-5-3-6-13-23-14-7-4-8-15-23/h9-11,16,18H,3-8,12-15,17H2,1-2H3,(H,22,24). The van der Waals surface area contributed by atoms with Gasteiger partial charge in [0.25, 0.3) is 5.91 Å². The molecule has 0 unspecified atom stereocenters. The van der Waals surface area contributed by atoms with Crippen LogP contribution < -0.4 is 10.1 Å². The second-order valence-electron chi connectivity index (χ2n) is 7.45. The predicted molar refractivity (Wildman–Crippen MR) is 103 cm³/mol. The number of ether oxygens (including phenoxy) is 1. The maximum Gasteiger partial charge on any atom is 0.251 e. The molecule has 1 aromatic rings. The van der Waals surface area contributed by atoms with Gasteiger partial charge in [0.1, 0.15) is 5.75 Å². The molecule has 1 fully saturated rings. The molecule has 1 amide bonds. The van der Waals surface area contributed by atoms with Crippen LogP contribution in [0.1, 0.15) is 62.7 Å². The first kappa shape index (κ1) is 19.8. The molecule has 0 radical (unpaired) electrons. The molecule has 1 N–H and O–H groups in total. The number of amides is 1. The number of unbranched alkanes of at least 4 members (excludes halogenated alkanes) is 2. The van der Waals surface area contributed by atoms with E-state index in [0.717, 1.165) is 18.7 Å². The number of nitrogens with one attached hydrogen (secondary N) is 1. The van der Waals surface area contributed by atoms with E-state index >= 15 is 0 Å². The number of hydrogen-bond donors (Lipinski definition) is 1. The lowest BCUT2D eigenvalue weighted by Crippen LogP contribution is -2.30. The lowest BCUT2D eigenvalue weighted by Gasteiger charge is -2.26. The molecular weight excluding hydrogens is 312 g/mol. The van der Waals surface area contributed by atoms with Gasteiger partial charge < -0.3 is 15.0 Å². The second-order valence-corrected chi connectivity index (χ2v) is 7.45. The lowest BCUT2D eigenvalue weighted by molar-refractivity contribution is 0.0952. The van der Waals surface area contributed by atoms with Crippen LogP contribution in [0.25, 0.3) is 0 Å². The van der Waals surface area contributed by atoms with Gasteiger partial charge in [0.15, 0.2) is 0 Å². The molecule has 1 aliphatic rings. The SMILES string of the molecule is CC(C)COc1cccc(C(=O)NCCCCCN2CCCCC2)c1. The minimum Gasteiger partial charge on any atom is -0.493 e. The monoisotopic (exact) mass is 346 g/mol. The highest BCUT2D eigenvalue weighted by Gasteiger charge is 2.09. The smallest absolute Gasteiger partial charge is 0.251 e. The molecule has 1 heterocycles. The largest absolute Gasteiger partial charge is 0.493 e. The molecular formula is C21H34N2O2. The zero-order valence-electron chi connectivity index (χ0n) is 15.9. The van der Waals surface area contributed by atoms with Crippen LogP contribution in [0, 0.1) is 5.92 Å². The van der Waals surface area contributed by atoms with Crippen molar-refractivity contribution in [2.24, 2.45) is 5.92 Å². The number of piperidine rings is 1. The molecule has 25 heavy (non-hydrogen) atoms. The van der Waals surface area contributed by atoms with Crippen LogP contribution in [0.4, 0.5) is 0 Å². The molecule has 1 saturated heterocycles. The van der Waals surface area contributed by atoms with Crippen LogP contribution in [0.15, 0.2) is 24.3 Å². The van der Waals surface area contributed by atoms with Crippen molar-refractivity contribution in [1.82, 2.24) is 10.2 Å². The van der Waals surface area contributed by atoms with Crippen molar-refractivity contribution in [3.8, 4) is 5.75 Å². The Hall–Kier alpha value is -1.55. The van der Waals surface area contributed by atoms with Crippen LogP contribution in [-0.4, -0.2) is 43.6 Å². The third-order valence-corrected chi connectivity index (χ3v) is 4.56. The van der Waals surface area contributed by atoms with E-state index < -0.39 is 0 Å². The van der Waals surface area contributed by atoms with Gasteiger partial charge >= 0.3 is 0 Å². The van der Waals surface area contributed by atoms with Gasteiger partial charge in [-0.1, -0.05) is 32.8 Å². The minimum atomic E-state index is -0.00831. The first-order valence-electron chi connectivity index (χ1n) is 9.88. The quantitative estimate of drug-likeness (QED) is 0.648. The second kappa shape index (κ2) is 11.1. The Balaban J connectivity index is 1.60. The Kier molecular flexibility index (Phi) is 8.81. The van der Waals surface area contributed by atoms with Crippen LogP contribution in [-0.2, 0) is 0 Å². The van der Waals surface area contributed by atoms with E-state index in [1.165, 1.54) is 51.7 Å². The molecule has 2 rings (SSSR count). The number of benzene rings is 1. The molecule has 4 heteroatoms. The Morgan fingerprint density at radius 2 is 1.96 bits per heavy atom. The van der Waals surface area contributed by atoms with Gasteiger partial charge in [-0.2, -0.15) is 0 Å². The minimum absolute atomic E-state index is 0.00831. The van der Waals surface area contributed by atoms with Crippen LogP contribution in [0.5, 0.6) is 5.75 Å². The summed E-state index contributed by atoms with van der Waals surface area (Å²) in [6.45, 7) is 9.39. The van der Waals surface area contributed by atoms with Crippen molar-refractivity contribution in [3.05, 3.63) is 29.8 Å². The average Bonchev–Trinajstić information content (AvgIpc) is 2.63. The summed E-state index contributed by atoms with van der Waals surface area (Å²) >= 11 is 0. The van der Waals surface area contributed by atoms with Crippen molar-refractivity contribution in [1.29, 1.82) is 0 Å². The summed E-state index contributed by atoms with van der Waals surface area (Å²) in [6.07, 6.45) is 7.56. The highest BCUT2D eigenvalue weighted by molar-refractivity contribution is 5.94. The molecule has 0 saturated carbocycles. The van der Waals surface area contributed by atoms with Crippen molar-refractivity contribution >= 4 is 5.91 Å². The Morgan fingerprint density at radius 3 is 2.72 bits per heavy atom. The van der Waals surface area contributed by atoms with Crippen LogP contribution in [0.3, 0.4) is 0 Å². The number of nitrogens with zero attached hydrogens (tertiary/aromatic N) is 1. The van der Waals surface area contributed by atoms with E-state index in [9.17, 15) is 4.79 Å². The molecule has 0 aromatic heterocycles. The summed E-state index contributed by atoms with van der Waals surface area (Å²) in [5, 5.41) is 3.02. The zero-order valence-corrected chi connectivity index (χ0v) is 15.9. The third kappa shape index (κ3) is 7.91.